The van der Waals surface area contributed by atoms with Crippen LogP contribution in [0.3, 0.4) is 0 Å². The lowest BCUT2D eigenvalue weighted by Crippen LogP contribution is -2.44. The monoisotopic (exact) mass is 315 g/mol. The summed E-state index contributed by atoms with van der Waals surface area (Å²) in [4.78, 5) is 7.02. The normalized spacial score (nSPS) is 17.8. The van der Waals surface area contributed by atoms with Gasteiger partial charge in [0.25, 0.3) is 0 Å². The maximum atomic E-state index is 4.48. The quantitative estimate of drug-likeness (QED) is 0.870. The second-order valence-corrected chi connectivity index (χ2v) is 7.72. The Kier molecular flexibility index (Phi) is 4.32. The fourth-order valence-electron chi connectivity index (χ4n) is 3.67. The molecule has 0 radical (unpaired) electrons. The SMILES string of the molecule is Cc1nn(C)cc1-c1cncn1C(C)(C)CN1CCC(C)CC1. The number of likely N-dealkylation sites (tertiary alicyclic amines) is 1. The van der Waals surface area contributed by atoms with Gasteiger partial charge in [0.1, 0.15) is 0 Å². The zero-order valence-electron chi connectivity index (χ0n) is 15.1. The molecule has 2 aromatic heterocycles. The first-order chi connectivity index (χ1) is 10.9. The van der Waals surface area contributed by atoms with Crippen molar-refractivity contribution >= 4 is 0 Å². The third-order valence-corrected chi connectivity index (χ3v) is 5.07. The minimum Gasteiger partial charge on any atom is -0.324 e. The Morgan fingerprint density at radius 1 is 1.26 bits per heavy atom. The van der Waals surface area contributed by atoms with Gasteiger partial charge in [-0.05, 0) is 52.6 Å². The van der Waals surface area contributed by atoms with Crippen LogP contribution in [-0.4, -0.2) is 43.9 Å². The Morgan fingerprint density at radius 3 is 2.57 bits per heavy atom. The lowest BCUT2D eigenvalue weighted by molar-refractivity contribution is 0.136. The molecule has 1 aliphatic rings. The molecular formula is C18H29N5. The molecule has 0 N–H and O–H groups in total. The topological polar surface area (TPSA) is 38.9 Å². The summed E-state index contributed by atoms with van der Waals surface area (Å²) in [5.41, 5.74) is 3.39. The highest BCUT2D eigenvalue weighted by Gasteiger charge is 2.28. The number of rotatable bonds is 4. The van der Waals surface area contributed by atoms with Gasteiger partial charge in [-0.2, -0.15) is 5.10 Å². The molecule has 0 atom stereocenters. The molecule has 126 valence electrons. The highest BCUT2D eigenvalue weighted by Crippen LogP contribution is 2.29. The lowest BCUT2D eigenvalue weighted by atomic mass is 9.96. The van der Waals surface area contributed by atoms with Crippen molar-refractivity contribution in [1.29, 1.82) is 0 Å². The number of hydrogen-bond donors (Lipinski definition) is 0. The second kappa shape index (κ2) is 6.11. The summed E-state index contributed by atoms with van der Waals surface area (Å²) in [7, 11) is 1.97. The largest absolute Gasteiger partial charge is 0.324 e. The number of aromatic nitrogens is 4. The van der Waals surface area contributed by atoms with Crippen molar-refractivity contribution in [3.05, 3.63) is 24.4 Å². The molecule has 0 aromatic carbocycles. The first kappa shape index (κ1) is 16.2. The van der Waals surface area contributed by atoms with Crippen LogP contribution in [0.15, 0.2) is 18.7 Å². The highest BCUT2D eigenvalue weighted by molar-refractivity contribution is 5.61. The summed E-state index contributed by atoms with van der Waals surface area (Å²) in [6.07, 6.45) is 8.64. The molecule has 0 spiro atoms. The van der Waals surface area contributed by atoms with Gasteiger partial charge in [0.2, 0.25) is 0 Å². The maximum absolute atomic E-state index is 4.48. The molecule has 0 aliphatic carbocycles. The van der Waals surface area contributed by atoms with E-state index < -0.39 is 0 Å². The van der Waals surface area contributed by atoms with E-state index in [-0.39, 0.29) is 5.54 Å². The summed E-state index contributed by atoms with van der Waals surface area (Å²) in [6.45, 7) is 12.5. The van der Waals surface area contributed by atoms with Crippen LogP contribution in [0.4, 0.5) is 0 Å². The van der Waals surface area contributed by atoms with E-state index in [0.717, 1.165) is 23.9 Å². The molecule has 3 heterocycles. The molecule has 5 nitrogen and oxygen atoms in total. The van der Waals surface area contributed by atoms with Crippen LogP contribution in [-0.2, 0) is 12.6 Å². The van der Waals surface area contributed by atoms with Crippen molar-refractivity contribution in [2.45, 2.75) is 46.1 Å². The van der Waals surface area contributed by atoms with Crippen molar-refractivity contribution in [2.24, 2.45) is 13.0 Å². The fourth-order valence-corrected chi connectivity index (χ4v) is 3.67. The van der Waals surface area contributed by atoms with Gasteiger partial charge in [-0.15, -0.1) is 0 Å². The lowest BCUT2D eigenvalue weighted by Gasteiger charge is -2.38. The van der Waals surface area contributed by atoms with Gasteiger partial charge in [0.05, 0.1) is 29.5 Å². The van der Waals surface area contributed by atoms with E-state index in [0.29, 0.717) is 0 Å². The fraction of sp³-hybridized carbons (Fsp3) is 0.667. The van der Waals surface area contributed by atoms with Crippen LogP contribution < -0.4 is 0 Å². The molecule has 1 aliphatic heterocycles. The van der Waals surface area contributed by atoms with Gasteiger partial charge in [-0.25, -0.2) is 4.98 Å². The summed E-state index contributed by atoms with van der Waals surface area (Å²) in [5, 5.41) is 4.48. The molecule has 0 unspecified atom stereocenters. The third kappa shape index (κ3) is 3.34. The van der Waals surface area contributed by atoms with Gasteiger partial charge in [-0.3, -0.25) is 4.68 Å². The average Bonchev–Trinajstić information content (AvgIpc) is 3.08. The maximum Gasteiger partial charge on any atom is 0.0956 e. The van der Waals surface area contributed by atoms with Crippen molar-refractivity contribution in [3.8, 4) is 11.3 Å². The molecular weight excluding hydrogens is 286 g/mol. The van der Waals surface area contributed by atoms with Gasteiger partial charge in [-0.1, -0.05) is 6.92 Å². The summed E-state index contributed by atoms with van der Waals surface area (Å²) < 4.78 is 4.19. The third-order valence-electron chi connectivity index (χ3n) is 5.07. The molecule has 0 saturated carbocycles. The van der Waals surface area contributed by atoms with Crippen molar-refractivity contribution in [3.63, 3.8) is 0 Å². The molecule has 0 bridgehead atoms. The van der Waals surface area contributed by atoms with Gasteiger partial charge >= 0.3 is 0 Å². The minimum atomic E-state index is 0.00862. The van der Waals surface area contributed by atoms with Crippen LogP contribution in [0, 0.1) is 12.8 Å². The van der Waals surface area contributed by atoms with E-state index in [4.69, 9.17) is 0 Å². The molecule has 5 heteroatoms. The number of hydrogen-bond acceptors (Lipinski definition) is 3. The van der Waals surface area contributed by atoms with E-state index >= 15 is 0 Å². The molecule has 1 saturated heterocycles. The van der Waals surface area contributed by atoms with Gasteiger partial charge in [0.15, 0.2) is 0 Å². The molecule has 0 amide bonds. The Morgan fingerprint density at radius 2 is 1.96 bits per heavy atom. The second-order valence-electron chi connectivity index (χ2n) is 7.72. The Bertz CT molecular complexity index is 659. The number of imidazole rings is 1. The first-order valence-corrected chi connectivity index (χ1v) is 8.62. The van der Waals surface area contributed by atoms with Crippen molar-refractivity contribution in [2.75, 3.05) is 19.6 Å². The van der Waals surface area contributed by atoms with Gasteiger partial charge < -0.3 is 9.47 Å². The Labute approximate surface area is 139 Å². The van der Waals surface area contributed by atoms with E-state index in [9.17, 15) is 0 Å². The number of nitrogens with zero attached hydrogens (tertiary/aromatic N) is 5. The standard InChI is InChI=1S/C18H29N5/c1-14-6-8-22(9-7-14)12-18(3,4)23-13-19-10-17(23)16-11-21(5)20-15(16)2/h10-11,13-14H,6-9,12H2,1-5H3. The summed E-state index contributed by atoms with van der Waals surface area (Å²) in [5.74, 6) is 0.871. The van der Waals surface area contributed by atoms with Crippen LogP contribution in [0.25, 0.3) is 11.3 Å². The predicted octanol–water partition coefficient (Wildman–Crippen LogP) is 3.06. The average molecular weight is 315 g/mol. The molecule has 1 fully saturated rings. The predicted molar refractivity (Wildman–Crippen MR) is 93.3 cm³/mol. The zero-order chi connectivity index (χ0) is 16.6. The minimum absolute atomic E-state index is 0.00862. The van der Waals surface area contributed by atoms with Crippen LogP contribution >= 0.6 is 0 Å². The van der Waals surface area contributed by atoms with E-state index in [1.807, 2.05) is 24.3 Å². The molecule has 3 rings (SSSR count). The Balaban J connectivity index is 1.83. The highest BCUT2D eigenvalue weighted by atomic mass is 15.3. The first-order valence-electron chi connectivity index (χ1n) is 8.62. The van der Waals surface area contributed by atoms with Crippen LogP contribution in [0.5, 0.6) is 0 Å². The molecule has 2 aromatic rings. The smallest absolute Gasteiger partial charge is 0.0956 e. The summed E-state index contributed by atoms with van der Waals surface area (Å²) in [6, 6.07) is 0. The van der Waals surface area contributed by atoms with E-state index in [2.05, 4.69) is 53.4 Å². The number of aryl methyl sites for hydroxylation is 2. The Hall–Kier alpha value is -1.62. The summed E-state index contributed by atoms with van der Waals surface area (Å²) >= 11 is 0. The molecule has 23 heavy (non-hydrogen) atoms. The zero-order valence-corrected chi connectivity index (χ0v) is 15.1. The number of piperidine rings is 1. The van der Waals surface area contributed by atoms with Crippen LogP contribution in [0.2, 0.25) is 0 Å². The van der Waals surface area contributed by atoms with Crippen molar-refractivity contribution in [1.82, 2.24) is 24.2 Å². The van der Waals surface area contributed by atoms with E-state index in [1.165, 1.54) is 31.5 Å². The van der Waals surface area contributed by atoms with Gasteiger partial charge in [0, 0.05) is 25.4 Å². The van der Waals surface area contributed by atoms with Crippen molar-refractivity contribution < 1.29 is 0 Å². The van der Waals surface area contributed by atoms with E-state index in [1.54, 1.807) is 0 Å². The van der Waals surface area contributed by atoms with Crippen LogP contribution in [0.1, 0.15) is 39.3 Å².